The van der Waals surface area contributed by atoms with Crippen LogP contribution in [0.3, 0.4) is 0 Å². The Labute approximate surface area is 77.5 Å². The third-order valence-corrected chi connectivity index (χ3v) is 3.08. The van der Waals surface area contributed by atoms with Crippen LogP contribution in [0.2, 0.25) is 0 Å². The number of nitrogens with zero attached hydrogens (tertiary/aromatic N) is 2. The van der Waals surface area contributed by atoms with Crippen molar-refractivity contribution in [1.82, 2.24) is 9.80 Å². The third-order valence-electron chi connectivity index (χ3n) is 3.08. The van der Waals surface area contributed by atoms with Gasteiger partial charge in [0.15, 0.2) is 0 Å². The van der Waals surface area contributed by atoms with Crippen LogP contribution < -0.4 is 0 Å². The van der Waals surface area contributed by atoms with Crippen LogP contribution in [0.4, 0.5) is 8.78 Å². The van der Waals surface area contributed by atoms with Gasteiger partial charge in [0.05, 0.1) is 6.54 Å². The van der Waals surface area contributed by atoms with Crippen molar-refractivity contribution in [2.75, 3.05) is 33.2 Å². The molecule has 2 fully saturated rings. The Morgan fingerprint density at radius 1 is 1.31 bits per heavy atom. The SMILES string of the molecule is CN1CCC(N2CCC(F)(F)C2)C1. The Balaban J connectivity index is 1.89. The summed E-state index contributed by atoms with van der Waals surface area (Å²) in [4.78, 5) is 4.16. The van der Waals surface area contributed by atoms with Gasteiger partial charge in [0.2, 0.25) is 0 Å². The molecule has 2 aliphatic rings. The van der Waals surface area contributed by atoms with Gasteiger partial charge in [-0.05, 0) is 20.0 Å². The van der Waals surface area contributed by atoms with Crippen LogP contribution in [0, 0.1) is 0 Å². The molecule has 2 aliphatic heterocycles. The molecule has 0 aromatic heterocycles. The van der Waals surface area contributed by atoms with E-state index in [-0.39, 0.29) is 13.0 Å². The van der Waals surface area contributed by atoms with E-state index in [1.165, 1.54) is 0 Å². The molecule has 0 spiro atoms. The molecule has 0 aromatic carbocycles. The topological polar surface area (TPSA) is 6.48 Å². The Morgan fingerprint density at radius 2 is 2.08 bits per heavy atom. The van der Waals surface area contributed by atoms with E-state index in [4.69, 9.17) is 0 Å². The summed E-state index contributed by atoms with van der Waals surface area (Å²) < 4.78 is 25.8. The van der Waals surface area contributed by atoms with Gasteiger partial charge in [-0.25, -0.2) is 8.78 Å². The van der Waals surface area contributed by atoms with Crippen molar-refractivity contribution in [2.24, 2.45) is 0 Å². The van der Waals surface area contributed by atoms with Gasteiger partial charge in [0.25, 0.3) is 5.92 Å². The molecule has 0 bridgehead atoms. The lowest BCUT2D eigenvalue weighted by atomic mass is 10.2. The molecule has 2 heterocycles. The Kier molecular flexibility index (Phi) is 2.28. The molecule has 13 heavy (non-hydrogen) atoms. The molecular weight excluding hydrogens is 174 g/mol. The zero-order valence-corrected chi connectivity index (χ0v) is 7.97. The summed E-state index contributed by atoms with van der Waals surface area (Å²) >= 11 is 0. The molecule has 2 nitrogen and oxygen atoms in total. The highest BCUT2D eigenvalue weighted by atomic mass is 19.3. The highest BCUT2D eigenvalue weighted by molar-refractivity contribution is 4.90. The van der Waals surface area contributed by atoms with Crippen LogP contribution in [0.1, 0.15) is 12.8 Å². The van der Waals surface area contributed by atoms with Crippen molar-refractivity contribution in [3.63, 3.8) is 0 Å². The molecule has 0 radical (unpaired) electrons. The number of likely N-dealkylation sites (N-methyl/N-ethyl adjacent to an activating group) is 1. The van der Waals surface area contributed by atoms with Crippen LogP contribution in [-0.4, -0.2) is 55.0 Å². The van der Waals surface area contributed by atoms with Gasteiger partial charge in [-0.15, -0.1) is 0 Å². The average molecular weight is 190 g/mol. The van der Waals surface area contributed by atoms with E-state index in [1.807, 2.05) is 11.9 Å². The molecule has 0 aromatic rings. The molecule has 1 atom stereocenters. The van der Waals surface area contributed by atoms with Crippen LogP contribution >= 0.6 is 0 Å². The van der Waals surface area contributed by atoms with Gasteiger partial charge in [-0.2, -0.15) is 0 Å². The van der Waals surface area contributed by atoms with Gasteiger partial charge in [0, 0.05) is 25.6 Å². The number of halogens is 2. The smallest absolute Gasteiger partial charge is 0.261 e. The lowest BCUT2D eigenvalue weighted by Crippen LogP contribution is -2.36. The van der Waals surface area contributed by atoms with Gasteiger partial charge in [-0.1, -0.05) is 0 Å². The lowest BCUT2D eigenvalue weighted by Gasteiger charge is -2.22. The molecule has 0 amide bonds. The molecule has 1 unspecified atom stereocenters. The minimum absolute atomic E-state index is 0.0223. The fraction of sp³-hybridized carbons (Fsp3) is 1.00. The zero-order chi connectivity index (χ0) is 9.47. The van der Waals surface area contributed by atoms with E-state index < -0.39 is 5.92 Å². The van der Waals surface area contributed by atoms with Gasteiger partial charge in [0.1, 0.15) is 0 Å². The van der Waals surface area contributed by atoms with Crippen molar-refractivity contribution in [3.05, 3.63) is 0 Å². The number of hydrogen-bond acceptors (Lipinski definition) is 2. The number of alkyl halides is 2. The summed E-state index contributed by atoms with van der Waals surface area (Å²) in [5, 5.41) is 0. The van der Waals surface area contributed by atoms with Crippen molar-refractivity contribution >= 4 is 0 Å². The number of likely N-dealkylation sites (tertiary alicyclic amines) is 2. The van der Waals surface area contributed by atoms with E-state index in [0.717, 1.165) is 19.5 Å². The quantitative estimate of drug-likeness (QED) is 0.609. The highest BCUT2D eigenvalue weighted by Crippen LogP contribution is 2.30. The number of hydrogen-bond donors (Lipinski definition) is 0. The largest absolute Gasteiger partial charge is 0.305 e. The first kappa shape index (κ1) is 9.34. The van der Waals surface area contributed by atoms with E-state index in [0.29, 0.717) is 12.6 Å². The first-order chi connectivity index (χ1) is 6.07. The van der Waals surface area contributed by atoms with E-state index in [1.54, 1.807) is 0 Å². The van der Waals surface area contributed by atoms with Gasteiger partial charge >= 0.3 is 0 Å². The summed E-state index contributed by atoms with van der Waals surface area (Å²) in [6.45, 7) is 2.56. The van der Waals surface area contributed by atoms with Crippen LogP contribution in [-0.2, 0) is 0 Å². The first-order valence-corrected chi connectivity index (χ1v) is 4.87. The standard InChI is InChI=1S/C9H16F2N2/c1-12-4-2-8(6-12)13-5-3-9(10,11)7-13/h8H,2-7H2,1H3. The van der Waals surface area contributed by atoms with Crippen molar-refractivity contribution < 1.29 is 8.78 Å². The highest BCUT2D eigenvalue weighted by Gasteiger charge is 2.41. The number of rotatable bonds is 1. The minimum atomic E-state index is -2.43. The Morgan fingerprint density at radius 3 is 2.54 bits per heavy atom. The molecule has 2 rings (SSSR count). The predicted octanol–water partition coefficient (Wildman–Crippen LogP) is 1.03. The van der Waals surface area contributed by atoms with E-state index >= 15 is 0 Å². The van der Waals surface area contributed by atoms with Crippen LogP contribution in [0.15, 0.2) is 0 Å². The first-order valence-electron chi connectivity index (χ1n) is 4.87. The van der Waals surface area contributed by atoms with Crippen LogP contribution in [0.25, 0.3) is 0 Å². The average Bonchev–Trinajstić information content (AvgIpc) is 2.56. The van der Waals surface area contributed by atoms with E-state index in [2.05, 4.69) is 4.90 Å². The molecule has 0 saturated carbocycles. The summed E-state index contributed by atoms with van der Waals surface area (Å²) in [6, 6.07) is 0.373. The van der Waals surface area contributed by atoms with Crippen LogP contribution in [0.5, 0.6) is 0 Å². The molecule has 2 saturated heterocycles. The normalized spacial score (nSPS) is 35.8. The summed E-state index contributed by atoms with van der Waals surface area (Å²) in [5.74, 6) is -2.43. The summed E-state index contributed by atoms with van der Waals surface area (Å²) in [7, 11) is 2.05. The maximum absolute atomic E-state index is 12.9. The molecule has 4 heteroatoms. The Hall–Kier alpha value is -0.220. The maximum Gasteiger partial charge on any atom is 0.261 e. The zero-order valence-electron chi connectivity index (χ0n) is 7.97. The molecule has 0 N–H and O–H groups in total. The van der Waals surface area contributed by atoms with Crippen molar-refractivity contribution in [2.45, 2.75) is 24.8 Å². The third kappa shape index (κ3) is 1.99. The molecule has 0 aliphatic carbocycles. The van der Waals surface area contributed by atoms with Crippen molar-refractivity contribution in [3.8, 4) is 0 Å². The monoisotopic (exact) mass is 190 g/mol. The molecular formula is C9H16F2N2. The second-order valence-corrected chi connectivity index (χ2v) is 4.28. The predicted molar refractivity (Wildman–Crippen MR) is 47.0 cm³/mol. The minimum Gasteiger partial charge on any atom is -0.305 e. The van der Waals surface area contributed by atoms with Gasteiger partial charge < -0.3 is 4.90 Å². The van der Waals surface area contributed by atoms with Crippen molar-refractivity contribution in [1.29, 1.82) is 0 Å². The lowest BCUT2D eigenvalue weighted by molar-refractivity contribution is 0.00814. The molecule has 76 valence electrons. The summed E-state index contributed by atoms with van der Waals surface area (Å²) in [5.41, 5.74) is 0. The van der Waals surface area contributed by atoms with E-state index in [9.17, 15) is 8.78 Å². The fourth-order valence-corrected chi connectivity index (χ4v) is 2.28. The summed E-state index contributed by atoms with van der Waals surface area (Å²) in [6.07, 6.45) is 1.10. The maximum atomic E-state index is 12.9. The second-order valence-electron chi connectivity index (χ2n) is 4.28. The van der Waals surface area contributed by atoms with Gasteiger partial charge in [-0.3, -0.25) is 4.90 Å². The Bertz CT molecular complexity index is 196. The fourth-order valence-electron chi connectivity index (χ4n) is 2.28. The second kappa shape index (κ2) is 3.17.